The van der Waals surface area contributed by atoms with Crippen LogP contribution in [0, 0.1) is 6.92 Å². The van der Waals surface area contributed by atoms with E-state index in [2.05, 4.69) is 17.2 Å². The zero-order chi connectivity index (χ0) is 9.68. The Morgan fingerprint density at radius 1 is 1.46 bits per heavy atom. The standard InChI is InChI=1S/C10H17N3/c1-3-4-7-12-10-6-5-9(11)8(2)13-10/h5-6H,3-4,7,11H2,1-2H3,(H,12,13). The van der Waals surface area contributed by atoms with E-state index in [4.69, 9.17) is 5.73 Å². The molecule has 0 spiro atoms. The summed E-state index contributed by atoms with van der Waals surface area (Å²) in [7, 11) is 0. The predicted octanol–water partition coefficient (Wildman–Crippen LogP) is 2.18. The number of rotatable bonds is 4. The van der Waals surface area contributed by atoms with Gasteiger partial charge in [-0.15, -0.1) is 0 Å². The van der Waals surface area contributed by atoms with Gasteiger partial charge in [0.2, 0.25) is 0 Å². The van der Waals surface area contributed by atoms with Crippen molar-refractivity contribution in [3.05, 3.63) is 17.8 Å². The van der Waals surface area contributed by atoms with Crippen LogP contribution in [0.3, 0.4) is 0 Å². The number of unbranched alkanes of at least 4 members (excludes halogenated alkanes) is 1. The molecule has 3 nitrogen and oxygen atoms in total. The largest absolute Gasteiger partial charge is 0.397 e. The Morgan fingerprint density at radius 3 is 2.85 bits per heavy atom. The van der Waals surface area contributed by atoms with Gasteiger partial charge in [0.1, 0.15) is 5.82 Å². The van der Waals surface area contributed by atoms with E-state index in [0.717, 1.165) is 23.7 Å². The number of anilines is 2. The lowest BCUT2D eigenvalue weighted by molar-refractivity contribution is 0.830. The summed E-state index contributed by atoms with van der Waals surface area (Å²) in [5.41, 5.74) is 7.29. The highest BCUT2D eigenvalue weighted by molar-refractivity contribution is 5.48. The molecule has 3 N–H and O–H groups in total. The van der Waals surface area contributed by atoms with Gasteiger partial charge in [-0.2, -0.15) is 0 Å². The lowest BCUT2D eigenvalue weighted by Gasteiger charge is -2.06. The molecular formula is C10H17N3. The number of nitrogens with two attached hydrogens (primary N) is 1. The number of aromatic nitrogens is 1. The maximum absolute atomic E-state index is 5.65. The minimum atomic E-state index is 0.751. The van der Waals surface area contributed by atoms with Crippen molar-refractivity contribution >= 4 is 11.5 Å². The Labute approximate surface area is 79.4 Å². The lowest BCUT2D eigenvalue weighted by Crippen LogP contribution is -2.04. The van der Waals surface area contributed by atoms with Gasteiger partial charge in [0.15, 0.2) is 0 Å². The van der Waals surface area contributed by atoms with E-state index < -0.39 is 0 Å². The highest BCUT2D eigenvalue weighted by Gasteiger charge is 1.96. The first-order valence-electron chi connectivity index (χ1n) is 4.71. The average Bonchev–Trinajstić information content (AvgIpc) is 2.12. The van der Waals surface area contributed by atoms with Crippen molar-refractivity contribution in [1.29, 1.82) is 0 Å². The third-order valence-corrected chi connectivity index (χ3v) is 1.96. The summed E-state index contributed by atoms with van der Waals surface area (Å²) in [5, 5.41) is 3.25. The van der Waals surface area contributed by atoms with E-state index >= 15 is 0 Å². The van der Waals surface area contributed by atoms with Crippen molar-refractivity contribution < 1.29 is 0 Å². The van der Waals surface area contributed by atoms with E-state index in [1.807, 2.05) is 19.1 Å². The Bertz CT molecular complexity index is 271. The third kappa shape index (κ3) is 2.93. The predicted molar refractivity (Wildman–Crippen MR) is 56.8 cm³/mol. The van der Waals surface area contributed by atoms with Crippen molar-refractivity contribution in [3.8, 4) is 0 Å². The van der Waals surface area contributed by atoms with Gasteiger partial charge in [0.25, 0.3) is 0 Å². The lowest BCUT2D eigenvalue weighted by atomic mass is 10.3. The zero-order valence-electron chi connectivity index (χ0n) is 8.30. The Kier molecular flexibility index (Phi) is 3.55. The van der Waals surface area contributed by atoms with Crippen LogP contribution in [0.25, 0.3) is 0 Å². The minimum Gasteiger partial charge on any atom is -0.397 e. The number of nitrogens with one attached hydrogen (secondary N) is 1. The smallest absolute Gasteiger partial charge is 0.126 e. The van der Waals surface area contributed by atoms with E-state index in [1.165, 1.54) is 12.8 Å². The fourth-order valence-corrected chi connectivity index (χ4v) is 1.06. The van der Waals surface area contributed by atoms with Crippen LogP contribution in [0.1, 0.15) is 25.5 Å². The average molecular weight is 179 g/mol. The molecule has 0 atom stereocenters. The molecule has 13 heavy (non-hydrogen) atoms. The van der Waals surface area contributed by atoms with Crippen molar-refractivity contribution in [1.82, 2.24) is 4.98 Å². The second-order valence-corrected chi connectivity index (χ2v) is 3.15. The molecule has 1 heterocycles. The second-order valence-electron chi connectivity index (χ2n) is 3.15. The molecule has 0 unspecified atom stereocenters. The maximum Gasteiger partial charge on any atom is 0.126 e. The second kappa shape index (κ2) is 4.70. The number of nitrogen functional groups attached to an aromatic ring is 1. The van der Waals surface area contributed by atoms with Crippen molar-refractivity contribution in [2.45, 2.75) is 26.7 Å². The molecule has 72 valence electrons. The molecule has 0 radical (unpaired) electrons. The normalized spacial score (nSPS) is 10.0. The molecule has 1 rings (SSSR count). The van der Waals surface area contributed by atoms with Gasteiger partial charge in [-0.3, -0.25) is 0 Å². The number of hydrogen-bond donors (Lipinski definition) is 2. The van der Waals surface area contributed by atoms with Crippen LogP contribution in [0.5, 0.6) is 0 Å². The fourth-order valence-electron chi connectivity index (χ4n) is 1.06. The van der Waals surface area contributed by atoms with Crippen LogP contribution in [0.4, 0.5) is 11.5 Å². The Balaban J connectivity index is 2.53. The molecule has 0 saturated heterocycles. The first kappa shape index (κ1) is 9.84. The van der Waals surface area contributed by atoms with E-state index in [1.54, 1.807) is 0 Å². The highest BCUT2D eigenvalue weighted by Crippen LogP contribution is 2.11. The fraction of sp³-hybridized carbons (Fsp3) is 0.500. The van der Waals surface area contributed by atoms with Crippen molar-refractivity contribution in [2.75, 3.05) is 17.6 Å². The van der Waals surface area contributed by atoms with Gasteiger partial charge in [-0.1, -0.05) is 13.3 Å². The summed E-state index contributed by atoms with van der Waals surface area (Å²) in [4.78, 5) is 4.31. The van der Waals surface area contributed by atoms with Crippen LogP contribution >= 0.6 is 0 Å². The topological polar surface area (TPSA) is 50.9 Å². The van der Waals surface area contributed by atoms with Crippen LogP contribution in [-0.4, -0.2) is 11.5 Å². The maximum atomic E-state index is 5.65. The molecule has 1 aromatic rings. The Morgan fingerprint density at radius 2 is 2.23 bits per heavy atom. The van der Waals surface area contributed by atoms with Gasteiger partial charge in [0, 0.05) is 6.54 Å². The molecule has 0 aliphatic heterocycles. The summed E-state index contributed by atoms with van der Waals surface area (Å²) in [6.45, 7) is 5.07. The number of aryl methyl sites for hydroxylation is 1. The molecule has 0 fully saturated rings. The number of nitrogens with zero attached hydrogens (tertiary/aromatic N) is 1. The van der Waals surface area contributed by atoms with Gasteiger partial charge in [0.05, 0.1) is 11.4 Å². The quantitative estimate of drug-likeness (QED) is 0.696. The molecule has 0 aromatic carbocycles. The van der Waals surface area contributed by atoms with Gasteiger partial charge in [-0.25, -0.2) is 4.98 Å². The molecule has 0 aliphatic carbocycles. The summed E-state index contributed by atoms with van der Waals surface area (Å²) >= 11 is 0. The van der Waals surface area contributed by atoms with Crippen LogP contribution < -0.4 is 11.1 Å². The van der Waals surface area contributed by atoms with Gasteiger partial charge in [-0.05, 0) is 25.5 Å². The summed E-state index contributed by atoms with van der Waals surface area (Å²) < 4.78 is 0. The molecule has 0 amide bonds. The van der Waals surface area contributed by atoms with E-state index in [0.29, 0.717) is 0 Å². The molecule has 1 aromatic heterocycles. The Hall–Kier alpha value is -1.25. The first-order valence-corrected chi connectivity index (χ1v) is 4.71. The number of hydrogen-bond acceptors (Lipinski definition) is 3. The van der Waals surface area contributed by atoms with E-state index in [9.17, 15) is 0 Å². The molecule has 0 saturated carbocycles. The van der Waals surface area contributed by atoms with Crippen LogP contribution in [0.2, 0.25) is 0 Å². The monoisotopic (exact) mass is 179 g/mol. The first-order chi connectivity index (χ1) is 6.24. The van der Waals surface area contributed by atoms with Gasteiger partial charge >= 0.3 is 0 Å². The van der Waals surface area contributed by atoms with Gasteiger partial charge < -0.3 is 11.1 Å². The zero-order valence-corrected chi connectivity index (χ0v) is 8.30. The minimum absolute atomic E-state index is 0.751. The summed E-state index contributed by atoms with van der Waals surface area (Å²) in [6, 6.07) is 3.80. The van der Waals surface area contributed by atoms with Crippen LogP contribution in [-0.2, 0) is 0 Å². The van der Waals surface area contributed by atoms with Crippen molar-refractivity contribution in [3.63, 3.8) is 0 Å². The molecule has 3 heteroatoms. The number of pyridine rings is 1. The third-order valence-electron chi connectivity index (χ3n) is 1.96. The van der Waals surface area contributed by atoms with Crippen LogP contribution in [0.15, 0.2) is 12.1 Å². The van der Waals surface area contributed by atoms with E-state index in [-0.39, 0.29) is 0 Å². The summed E-state index contributed by atoms with van der Waals surface area (Å²) in [6.07, 6.45) is 2.37. The summed E-state index contributed by atoms with van der Waals surface area (Å²) in [5.74, 6) is 0.917. The molecular weight excluding hydrogens is 162 g/mol. The highest BCUT2D eigenvalue weighted by atomic mass is 15.0. The van der Waals surface area contributed by atoms with Crippen molar-refractivity contribution in [2.24, 2.45) is 0 Å². The SMILES string of the molecule is CCCCNc1ccc(N)c(C)n1. The molecule has 0 bridgehead atoms. The molecule has 0 aliphatic rings.